The maximum Gasteiger partial charge on any atom is 0.191 e. The smallest absolute Gasteiger partial charge is 0.191 e. The monoisotopic (exact) mass is 421 g/mol. The molecule has 0 fully saturated rings. The van der Waals surface area contributed by atoms with Crippen LogP contribution in [0.25, 0.3) is 11.4 Å². The van der Waals surface area contributed by atoms with Gasteiger partial charge in [-0.3, -0.25) is 0 Å². The number of thioether (sulfide) groups is 1. The van der Waals surface area contributed by atoms with Gasteiger partial charge in [0.25, 0.3) is 0 Å². The number of aryl methyl sites for hydroxylation is 1. The molecule has 3 aromatic rings. The summed E-state index contributed by atoms with van der Waals surface area (Å²) < 4.78 is 3.22. The fraction of sp³-hybridized carbons (Fsp3) is 0.222. The van der Waals surface area contributed by atoms with Gasteiger partial charge in [0.15, 0.2) is 11.0 Å². The third-order valence-electron chi connectivity index (χ3n) is 3.72. The van der Waals surface area contributed by atoms with Crippen molar-refractivity contribution in [2.45, 2.75) is 31.3 Å². The molecule has 24 heavy (non-hydrogen) atoms. The van der Waals surface area contributed by atoms with E-state index in [0.29, 0.717) is 0 Å². The van der Waals surface area contributed by atoms with Gasteiger partial charge in [-0.25, -0.2) is 0 Å². The second kappa shape index (κ2) is 7.72. The van der Waals surface area contributed by atoms with Crippen LogP contribution >= 0.6 is 39.3 Å². The maximum atomic E-state index is 6.25. The molecule has 2 aromatic carbocycles. The lowest BCUT2D eigenvalue weighted by atomic mass is 10.1. The molecule has 124 valence electrons. The number of nitrogens with zero attached hydrogens (tertiary/aromatic N) is 3. The summed E-state index contributed by atoms with van der Waals surface area (Å²) in [6, 6.07) is 14.3. The van der Waals surface area contributed by atoms with Gasteiger partial charge in [-0.15, -0.1) is 10.2 Å². The first kappa shape index (κ1) is 17.5. The van der Waals surface area contributed by atoms with Gasteiger partial charge >= 0.3 is 0 Å². The Bertz CT molecular complexity index is 863. The summed E-state index contributed by atoms with van der Waals surface area (Å²) >= 11 is 11.5. The first-order valence-electron chi connectivity index (χ1n) is 7.65. The topological polar surface area (TPSA) is 30.7 Å². The first-order chi connectivity index (χ1) is 11.6. The van der Waals surface area contributed by atoms with Crippen LogP contribution in [-0.4, -0.2) is 14.8 Å². The van der Waals surface area contributed by atoms with Crippen LogP contribution in [-0.2, 0) is 12.3 Å². The number of hydrogen-bond acceptors (Lipinski definition) is 3. The highest BCUT2D eigenvalue weighted by Gasteiger charge is 2.14. The van der Waals surface area contributed by atoms with Crippen LogP contribution in [0.15, 0.2) is 52.1 Å². The third kappa shape index (κ3) is 3.85. The molecule has 0 saturated carbocycles. The lowest BCUT2D eigenvalue weighted by Crippen LogP contribution is -2.00. The lowest BCUT2D eigenvalue weighted by molar-refractivity contribution is 0.687. The normalized spacial score (nSPS) is 11.0. The van der Waals surface area contributed by atoms with Gasteiger partial charge in [0.05, 0.1) is 0 Å². The van der Waals surface area contributed by atoms with E-state index in [-0.39, 0.29) is 0 Å². The molecule has 0 bridgehead atoms. The summed E-state index contributed by atoms with van der Waals surface area (Å²) in [6.07, 6.45) is 0. The van der Waals surface area contributed by atoms with Gasteiger partial charge in [-0.2, -0.15) is 0 Å². The average molecular weight is 423 g/mol. The van der Waals surface area contributed by atoms with Crippen molar-refractivity contribution in [2.75, 3.05) is 0 Å². The summed E-state index contributed by atoms with van der Waals surface area (Å²) in [5.74, 6) is 1.71. The fourth-order valence-corrected chi connectivity index (χ4v) is 3.97. The number of hydrogen-bond donors (Lipinski definition) is 0. The molecule has 0 aliphatic heterocycles. The van der Waals surface area contributed by atoms with Crippen molar-refractivity contribution in [1.82, 2.24) is 14.8 Å². The molecule has 0 amide bonds. The molecular weight excluding hydrogens is 406 g/mol. The number of aromatic nitrogens is 3. The molecule has 0 N–H and O–H groups in total. The van der Waals surface area contributed by atoms with Crippen molar-refractivity contribution in [2.24, 2.45) is 0 Å². The highest BCUT2D eigenvalue weighted by atomic mass is 79.9. The Morgan fingerprint density at radius 3 is 2.71 bits per heavy atom. The Hall–Kier alpha value is -1.30. The molecular formula is C18H17BrClN3S. The van der Waals surface area contributed by atoms with Crippen LogP contribution in [0.5, 0.6) is 0 Å². The zero-order valence-corrected chi connectivity index (χ0v) is 16.6. The number of benzene rings is 2. The molecule has 0 aliphatic carbocycles. The first-order valence-corrected chi connectivity index (χ1v) is 9.81. The molecule has 6 heteroatoms. The quantitative estimate of drug-likeness (QED) is 0.474. The van der Waals surface area contributed by atoms with Gasteiger partial charge in [0, 0.05) is 27.4 Å². The van der Waals surface area contributed by atoms with Gasteiger partial charge in [0.1, 0.15) is 0 Å². The standard InChI is InChI=1S/C18H17BrClN3S/c1-3-23-17(14-8-7-12(2)16(20)10-14)21-22-18(23)24-11-13-5-4-6-15(19)9-13/h4-10H,3,11H2,1-2H3. The highest BCUT2D eigenvalue weighted by Crippen LogP contribution is 2.29. The minimum Gasteiger partial charge on any atom is -0.302 e. The summed E-state index contributed by atoms with van der Waals surface area (Å²) in [5.41, 5.74) is 3.31. The average Bonchev–Trinajstić information content (AvgIpc) is 2.98. The van der Waals surface area contributed by atoms with Gasteiger partial charge < -0.3 is 4.57 Å². The third-order valence-corrected chi connectivity index (χ3v) is 5.66. The minimum absolute atomic E-state index is 0.751. The molecule has 1 aromatic heterocycles. The van der Waals surface area contributed by atoms with Gasteiger partial charge in [0.2, 0.25) is 0 Å². The van der Waals surface area contributed by atoms with Crippen LogP contribution in [0.3, 0.4) is 0 Å². The highest BCUT2D eigenvalue weighted by molar-refractivity contribution is 9.10. The van der Waals surface area contributed by atoms with E-state index in [4.69, 9.17) is 11.6 Å². The molecule has 0 atom stereocenters. The van der Waals surface area contributed by atoms with E-state index in [9.17, 15) is 0 Å². The van der Waals surface area contributed by atoms with Crippen molar-refractivity contribution >= 4 is 39.3 Å². The van der Waals surface area contributed by atoms with Crippen LogP contribution in [0.2, 0.25) is 5.02 Å². The number of rotatable bonds is 5. The van der Waals surface area contributed by atoms with E-state index in [1.807, 2.05) is 37.3 Å². The Balaban J connectivity index is 1.85. The van der Waals surface area contributed by atoms with Crippen molar-refractivity contribution in [3.05, 3.63) is 63.1 Å². The number of halogens is 2. The zero-order chi connectivity index (χ0) is 17.1. The van der Waals surface area contributed by atoms with Crippen LogP contribution < -0.4 is 0 Å². The van der Waals surface area contributed by atoms with E-state index < -0.39 is 0 Å². The van der Waals surface area contributed by atoms with Crippen molar-refractivity contribution in [1.29, 1.82) is 0 Å². The molecule has 3 rings (SSSR count). The summed E-state index contributed by atoms with van der Waals surface area (Å²) in [5, 5.41) is 10.4. The Labute approximate surface area is 159 Å². The van der Waals surface area contributed by atoms with E-state index in [1.54, 1.807) is 11.8 Å². The largest absolute Gasteiger partial charge is 0.302 e. The van der Waals surface area contributed by atoms with E-state index in [2.05, 4.69) is 49.8 Å². The zero-order valence-electron chi connectivity index (χ0n) is 13.5. The molecule has 3 nitrogen and oxygen atoms in total. The van der Waals surface area contributed by atoms with Crippen LogP contribution in [0, 0.1) is 6.92 Å². The summed E-state index contributed by atoms with van der Waals surface area (Å²) in [7, 11) is 0. The van der Waals surface area contributed by atoms with Gasteiger partial charge in [-0.1, -0.05) is 63.6 Å². The molecule has 0 saturated heterocycles. The molecule has 0 radical (unpaired) electrons. The predicted octanol–water partition coefficient (Wildman–Crippen LogP) is 5.98. The lowest BCUT2D eigenvalue weighted by Gasteiger charge is -2.08. The second-order valence-corrected chi connectivity index (χ2v) is 7.70. The second-order valence-electron chi connectivity index (χ2n) is 5.43. The molecule has 0 aliphatic rings. The van der Waals surface area contributed by atoms with Crippen molar-refractivity contribution < 1.29 is 0 Å². The SMILES string of the molecule is CCn1c(SCc2cccc(Br)c2)nnc1-c1ccc(C)c(Cl)c1. The van der Waals surface area contributed by atoms with Crippen molar-refractivity contribution in [3.63, 3.8) is 0 Å². The van der Waals surface area contributed by atoms with E-state index >= 15 is 0 Å². The Morgan fingerprint density at radius 1 is 1.17 bits per heavy atom. The molecule has 1 heterocycles. The van der Waals surface area contributed by atoms with E-state index in [0.717, 1.165) is 43.9 Å². The Kier molecular flexibility index (Phi) is 5.64. The minimum atomic E-state index is 0.751. The van der Waals surface area contributed by atoms with Crippen LogP contribution in [0.4, 0.5) is 0 Å². The van der Waals surface area contributed by atoms with Gasteiger partial charge in [-0.05, 0) is 43.2 Å². The fourth-order valence-electron chi connectivity index (χ4n) is 2.40. The summed E-state index contributed by atoms with van der Waals surface area (Å²) in [6.45, 7) is 4.91. The van der Waals surface area contributed by atoms with Crippen LogP contribution in [0.1, 0.15) is 18.1 Å². The summed E-state index contributed by atoms with van der Waals surface area (Å²) in [4.78, 5) is 0. The molecule has 0 unspecified atom stereocenters. The predicted molar refractivity (Wildman–Crippen MR) is 105 cm³/mol. The Morgan fingerprint density at radius 2 is 2.00 bits per heavy atom. The van der Waals surface area contributed by atoms with E-state index in [1.165, 1.54) is 5.56 Å². The maximum absolute atomic E-state index is 6.25. The molecule has 0 spiro atoms. The van der Waals surface area contributed by atoms with Crippen molar-refractivity contribution in [3.8, 4) is 11.4 Å².